The zero-order chi connectivity index (χ0) is 19.7. The molecule has 0 aliphatic heterocycles. The van der Waals surface area contributed by atoms with Crippen LogP contribution in [-0.4, -0.2) is 10.5 Å². The highest BCUT2D eigenvalue weighted by Crippen LogP contribution is 2.42. The Morgan fingerprint density at radius 2 is 1.71 bits per heavy atom. The van der Waals surface area contributed by atoms with Gasteiger partial charge in [-0.3, -0.25) is 4.57 Å². The standard InChI is InChI=1S/C25H18BrNO/c1-3-21(16-28)27-23-14-9-17(2)15-22(23)24(18-10-12-20(26)13-11-18)25(27)19-7-5-4-6-8-19/h3-15H,1H2,2H3. The Hall–Kier alpha value is -3.13. The van der Waals surface area contributed by atoms with Gasteiger partial charge in [0.2, 0.25) is 0 Å². The molecule has 1 heterocycles. The first-order valence-corrected chi connectivity index (χ1v) is 9.77. The third-order valence-electron chi connectivity index (χ3n) is 4.84. The first-order chi connectivity index (χ1) is 13.6. The monoisotopic (exact) mass is 427 g/mol. The van der Waals surface area contributed by atoms with Crippen molar-refractivity contribution in [3.63, 3.8) is 0 Å². The molecule has 0 aliphatic rings. The van der Waals surface area contributed by atoms with Crippen LogP contribution < -0.4 is 0 Å². The van der Waals surface area contributed by atoms with E-state index < -0.39 is 0 Å². The minimum atomic E-state index is 0.399. The Morgan fingerprint density at radius 3 is 2.36 bits per heavy atom. The molecule has 1 aromatic heterocycles. The lowest BCUT2D eigenvalue weighted by Gasteiger charge is -2.12. The molecule has 3 heteroatoms. The number of aromatic nitrogens is 1. The highest BCUT2D eigenvalue weighted by molar-refractivity contribution is 9.10. The van der Waals surface area contributed by atoms with Crippen molar-refractivity contribution >= 4 is 38.5 Å². The summed E-state index contributed by atoms with van der Waals surface area (Å²) < 4.78 is 2.98. The van der Waals surface area contributed by atoms with Gasteiger partial charge in [0, 0.05) is 15.4 Å². The molecule has 0 saturated heterocycles. The molecule has 0 unspecified atom stereocenters. The fraction of sp³-hybridized carbons (Fsp3) is 0.0400. The van der Waals surface area contributed by atoms with Crippen LogP contribution in [0.2, 0.25) is 0 Å². The number of rotatable bonds is 4. The van der Waals surface area contributed by atoms with E-state index in [-0.39, 0.29) is 0 Å². The van der Waals surface area contributed by atoms with Crippen LogP contribution in [0.5, 0.6) is 0 Å². The number of aryl methyl sites for hydroxylation is 1. The van der Waals surface area contributed by atoms with Crippen molar-refractivity contribution in [3.8, 4) is 22.4 Å². The molecule has 136 valence electrons. The summed E-state index contributed by atoms with van der Waals surface area (Å²) in [6, 6.07) is 24.7. The number of carbonyl (C=O) groups excluding carboxylic acids is 1. The number of hydrogen-bond donors (Lipinski definition) is 0. The highest BCUT2D eigenvalue weighted by atomic mass is 79.9. The van der Waals surface area contributed by atoms with Crippen LogP contribution in [0.15, 0.2) is 89.9 Å². The highest BCUT2D eigenvalue weighted by Gasteiger charge is 2.21. The average molecular weight is 428 g/mol. The Kier molecular flexibility index (Phi) is 4.87. The van der Waals surface area contributed by atoms with Crippen LogP contribution in [0.1, 0.15) is 5.56 Å². The van der Waals surface area contributed by atoms with Gasteiger partial charge in [-0.25, -0.2) is 4.79 Å². The van der Waals surface area contributed by atoms with Gasteiger partial charge in [0.05, 0.1) is 11.2 Å². The van der Waals surface area contributed by atoms with Crippen molar-refractivity contribution in [3.05, 3.63) is 95.5 Å². The molecule has 0 saturated carbocycles. The summed E-state index contributed by atoms with van der Waals surface area (Å²) >= 11 is 3.52. The van der Waals surface area contributed by atoms with E-state index in [1.165, 1.54) is 0 Å². The maximum Gasteiger partial charge on any atom is 0.151 e. The van der Waals surface area contributed by atoms with Crippen molar-refractivity contribution in [2.45, 2.75) is 6.92 Å². The molecule has 3 aromatic carbocycles. The number of benzene rings is 3. The number of hydrogen-bond acceptors (Lipinski definition) is 1. The van der Waals surface area contributed by atoms with Gasteiger partial charge < -0.3 is 0 Å². The van der Waals surface area contributed by atoms with Crippen LogP contribution in [0.25, 0.3) is 39.0 Å². The maximum atomic E-state index is 11.8. The zero-order valence-corrected chi connectivity index (χ0v) is 17.0. The molecular formula is C25H18BrNO. The fourth-order valence-corrected chi connectivity index (χ4v) is 3.88. The van der Waals surface area contributed by atoms with E-state index in [4.69, 9.17) is 0 Å². The van der Waals surface area contributed by atoms with E-state index in [0.717, 1.165) is 43.3 Å². The molecule has 0 aliphatic carbocycles. The predicted molar refractivity (Wildman–Crippen MR) is 121 cm³/mol. The number of halogens is 1. The van der Waals surface area contributed by atoms with E-state index in [1.54, 1.807) is 6.08 Å². The second kappa shape index (κ2) is 7.47. The van der Waals surface area contributed by atoms with Gasteiger partial charge in [-0.05, 0) is 48.4 Å². The second-order valence-electron chi connectivity index (χ2n) is 6.64. The van der Waals surface area contributed by atoms with Crippen molar-refractivity contribution in [2.24, 2.45) is 0 Å². The third-order valence-corrected chi connectivity index (χ3v) is 5.37. The van der Waals surface area contributed by atoms with Gasteiger partial charge in [-0.1, -0.05) is 76.6 Å². The van der Waals surface area contributed by atoms with Gasteiger partial charge in [0.1, 0.15) is 5.70 Å². The topological polar surface area (TPSA) is 22.0 Å². The van der Waals surface area contributed by atoms with Crippen molar-refractivity contribution in [1.82, 2.24) is 4.57 Å². The third kappa shape index (κ3) is 3.05. The molecule has 4 aromatic rings. The van der Waals surface area contributed by atoms with E-state index in [9.17, 15) is 4.79 Å². The maximum absolute atomic E-state index is 11.8. The zero-order valence-electron chi connectivity index (χ0n) is 15.4. The molecule has 2 nitrogen and oxygen atoms in total. The van der Waals surface area contributed by atoms with E-state index >= 15 is 0 Å². The lowest BCUT2D eigenvalue weighted by atomic mass is 9.97. The number of allylic oxidation sites excluding steroid dienone is 2. The summed E-state index contributed by atoms with van der Waals surface area (Å²) in [5, 5.41) is 1.09. The minimum Gasteiger partial charge on any atom is -0.299 e. The lowest BCUT2D eigenvalue weighted by molar-refractivity contribution is 0.569. The second-order valence-corrected chi connectivity index (χ2v) is 7.56. The van der Waals surface area contributed by atoms with Crippen molar-refractivity contribution in [2.75, 3.05) is 0 Å². The van der Waals surface area contributed by atoms with Gasteiger partial charge in [0.15, 0.2) is 5.94 Å². The average Bonchev–Trinajstić information content (AvgIpc) is 3.04. The predicted octanol–water partition coefficient (Wildman–Crippen LogP) is 6.90. The number of fused-ring (bicyclic) bond motifs is 1. The molecule has 0 N–H and O–H groups in total. The summed E-state index contributed by atoms with van der Waals surface area (Å²) in [5.41, 5.74) is 6.69. The summed E-state index contributed by atoms with van der Waals surface area (Å²) in [6.07, 6.45) is 1.56. The van der Waals surface area contributed by atoms with Gasteiger partial charge in [-0.15, -0.1) is 0 Å². The molecule has 0 fully saturated rings. The minimum absolute atomic E-state index is 0.399. The van der Waals surface area contributed by atoms with Crippen LogP contribution in [0, 0.1) is 6.92 Å². The van der Waals surface area contributed by atoms with E-state index in [2.05, 4.69) is 77.8 Å². The Balaban J connectivity index is 2.23. The summed E-state index contributed by atoms with van der Waals surface area (Å²) in [4.78, 5) is 11.8. The normalized spacial score (nSPS) is 10.6. The largest absolute Gasteiger partial charge is 0.299 e. The lowest BCUT2D eigenvalue weighted by Crippen LogP contribution is -1.98. The van der Waals surface area contributed by atoms with E-state index in [0.29, 0.717) is 5.70 Å². The van der Waals surface area contributed by atoms with Crippen LogP contribution in [0.3, 0.4) is 0 Å². The Morgan fingerprint density at radius 1 is 1.00 bits per heavy atom. The molecule has 0 bridgehead atoms. The van der Waals surface area contributed by atoms with E-state index in [1.807, 2.05) is 34.9 Å². The molecule has 28 heavy (non-hydrogen) atoms. The first kappa shape index (κ1) is 18.2. The smallest absolute Gasteiger partial charge is 0.151 e. The van der Waals surface area contributed by atoms with Crippen molar-refractivity contribution in [1.29, 1.82) is 0 Å². The SMILES string of the molecule is C=CC(=C=O)n1c(-c2ccccc2)c(-c2ccc(Br)cc2)c2cc(C)ccc21. The van der Waals surface area contributed by atoms with Crippen molar-refractivity contribution < 1.29 is 4.79 Å². The quantitative estimate of drug-likeness (QED) is 0.256. The number of nitrogens with zero attached hydrogens (tertiary/aromatic N) is 1. The van der Waals surface area contributed by atoms with Gasteiger partial charge in [-0.2, -0.15) is 0 Å². The Bertz CT molecular complexity index is 1230. The first-order valence-electron chi connectivity index (χ1n) is 8.98. The molecular weight excluding hydrogens is 410 g/mol. The molecule has 0 radical (unpaired) electrons. The summed E-state index contributed by atoms with van der Waals surface area (Å²) in [6.45, 7) is 5.91. The van der Waals surface area contributed by atoms with Gasteiger partial charge in [0.25, 0.3) is 0 Å². The summed E-state index contributed by atoms with van der Waals surface area (Å²) in [5.74, 6) is 2.06. The van der Waals surface area contributed by atoms with Gasteiger partial charge >= 0.3 is 0 Å². The fourth-order valence-electron chi connectivity index (χ4n) is 3.61. The van der Waals surface area contributed by atoms with Crippen LogP contribution >= 0.6 is 15.9 Å². The molecule has 0 spiro atoms. The summed E-state index contributed by atoms with van der Waals surface area (Å²) in [7, 11) is 0. The molecule has 0 amide bonds. The van der Waals surface area contributed by atoms with Crippen LogP contribution in [0.4, 0.5) is 0 Å². The molecule has 4 rings (SSSR count). The molecule has 0 atom stereocenters. The van der Waals surface area contributed by atoms with Crippen LogP contribution in [-0.2, 0) is 4.79 Å². The Labute approximate surface area is 172 Å².